The maximum Gasteiger partial charge on any atom is 0.416 e. The minimum atomic E-state index is -5.49. The van der Waals surface area contributed by atoms with Crippen LogP contribution in [0.5, 0.6) is 0 Å². The number of anilines is 1. The predicted octanol–water partition coefficient (Wildman–Crippen LogP) is 8.30. The zero-order valence-corrected chi connectivity index (χ0v) is 24.5. The smallest absolute Gasteiger partial charge is 0.378 e. The van der Waals surface area contributed by atoms with Gasteiger partial charge in [-0.05, 0) is 79.3 Å². The van der Waals surface area contributed by atoms with E-state index >= 15 is 0 Å². The molecule has 17 heteroatoms. The van der Waals surface area contributed by atoms with Crippen molar-refractivity contribution >= 4 is 11.6 Å². The highest BCUT2D eigenvalue weighted by atomic mass is 19.4. The number of carbonyl (C=O) groups excluding carboxylic acids is 1. The van der Waals surface area contributed by atoms with Crippen LogP contribution in [0.2, 0.25) is 0 Å². The van der Waals surface area contributed by atoms with Gasteiger partial charge in [0.2, 0.25) is 0 Å². The number of aliphatic hydroxyl groups is 1. The summed E-state index contributed by atoms with van der Waals surface area (Å²) in [6, 6.07) is -0.911. The average Bonchev–Trinajstić information content (AvgIpc) is 3.72. The summed E-state index contributed by atoms with van der Waals surface area (Å²) in [6.45, 7) is 0.745. The third-order valence-corrected chi connectivity index (χ3v) is 8.53. The molecule has 0 radical (unpaired) electrons. The molecule has 2 aliphatic heterocycles. The van der Waals surface area contributed by atoms with Gasteiger partial charge in [0.1, 0.15) is 5.60 Å². The number of benzene rings is 2. The van der Waals surface area contributed by atoms with Gasteiger partial charge in [0.15, 0.2) is 0 Å². The van der Waals surface area contributed by atoms with Crippen molar-refractivity contribution in [2.75, 3.05) is 24.5 Å². The second-order valence-electron chi connectivity index (χ2n) is 11.6. The van der Waals surface area contributed by atoms with Gasteiger partial charge in [-0.15, -0.1) is 0 Å². The van der Waals surface area contributed by atoms with E-state index in [0.717, 1.165) is 23.9 Å². The van der Waals surface area contributed by atoms with Crippen molar-refractivity contribution < 1.29 is 62.6 Å². The fraction of sp³-hybridized carbons (Fsp3) is 0.419. The summed E-state index contributed by atoms with van der Waals surface area (Å²) in [4.78, 5) is 20.7. The van der Waals surface area contributed by atoms with Crippen LogP contribution in [0.3, 0.4) is 0 Å². The number of alkyl halides is 12. The minimum absolute atomic E-state index is 0.0312. The second-order valence-corrected chi connectivity index (χ2v) is 11.6. The number of halogens is 12. The van der Waals surface area contributed by atoms with Gasteiger partial charge in [0.25, 0.3) is 5.91 Å². The van der Waals surface area contributed by atoms with Gasteiger partial charge in [-0.1, -0.05) is 0 Å². The lowest BCUT2D eigenvalue weighted by Gasteiger charge is -2.41. The van der Waals surface area contributed by atoms with E-state index in [1.807, 2.05) is 4.90 Å². The zero-order valence-electron chi connectivity index (χ0n) is 24.5. The van der Waals surface area contributed by atoms with Crippen LogP contribution in [-0.2, 0) is 30.3 Å². The average molecular weight is 700 g/mol. The first-order chi connectivity index (χ1) is 22.1. The third kappa shape index (κ3) is 6.78. The Morgan fingerprint density at radius 2 is 1.06 bits per heavy atom. The molecule has 1 atom stereocenters. The number of pyridine rings is 1. The van der Waals surface area contributed by atoms with Gasteiger partial charge in [-0.25, -0.2) is 0 Å². The molecule has 0 bridgehead atoms. The molecule has 3 aromatic rings. The second kappa shape index (κ2) is 12.1. The summed E-state index contributed by atoms with van der Waals surface area (Å²) in [7, 11) is 0. The highest BCUT2D eigenvalue weighted by Crippen LogP contribution is 2.48. The number of carbonyl (C=O) groups is 1. The Kier molecular flexibility index (Phi) is 8.93. The number of likely N-dealkylation sites (tertiary alicyclic amines) is 1. The van der Waals surface area contributed by atoms with E-state index in [0.29, 0.717) is 18.8 Å². The van der Waals surface area contributed by atoms with Gasteiger partial charge in [0.05, 0.1) is 39.5 Å². The lowest BCUT2D eigenvalue weighted by molar-refractivity contribution is -0.144. The molecule has 2 aromatic carbocycles. The molecule has 48 heavy (non-hydrogen) atoms. The first-order valence-electron chi connectivity index (χ1n) is 14.4. The molecule has 0 unspecified atom stereocenters. The van der Waals surface area contributed by atoms with Crippen molar-refractivity contribution in [3.05, 3.63) is 93.8 Å². The van der Waals surface area contributed by atoms with Crippen molar-refractivity contribution in [2.45, 2.75) is 62.0 Å². The summed E-state index contributed by atoms with van der Waals surface area (Å²) in [5, 5.41) is 12.4. The molecular formula is C31H25F12N3O2. The Bertz CT molecular complexity index is 1530. The standard InChI is InChI=1S/C31H25F12N3O2/c32-28(33,34)19-10-17(11-20(14-19)29(35,36)37)27(48,18-12-21(30(38,39)40)15-22(13-18)31(41,42)43)25-4-3-9-46(25)26(47)23-16-44-6-5-24(23)45-7-1-2-8-45/h5-6,10-16,25,48H,1-4,7-9H2/t25-/m1/s1. The molecular weight excluding hydrogens is 674 g/mol. The van der Waals surface area contributed by atoms with Crippen LogP contribution in [0.1, 0.15) is 69.4 Å². The molecule has 1 aromatic heterocycles. The van der Waals surface area contributed by atoms with E-state index in [1.54, 1.807) is 0 Å². The van der Waals surface area contributed by atoms with Crippen LogP contribution < -0.4 is 4.90 Å². The van der Waals surface area contributed by atoms with E-state index in [-0.39, 0.29) is 54.9 Å². The van der Waals surface area contributed by atoms with Crippen molar-refractivity contribution in [1.29, 1.82) is 0 Å². The van der Waals surface area contributed by atoms with E-state index < -0.39 is 82.1 Å². The SMILES string of the molecule is O=C(c1cnccc1N1CCCC1)N1CCC[C@@H]1C(O)(c1cc(C(F)(F)F)cc(C(F)(F)F)c1)c1cc(C(F)(F)F)cc(C(F)(F)F)c1. The van der Waals surface area contributed by atoms with E-state index in [4.69, 9.17) is 0 Å². The number of rotatable bonds is 5. The van der Waals surface area contributed by atoms with Crippen LogP contribution in [0.4, 0.5) is 58.4 Å². The molecule has 5 rings (SSSR count). The monoisotopic (exact) mass is 699 g/mol. The lowest BCUT2D eigenvalue weighted by atomic mass is 9.76. The third-order valence-electron chi connectivity index (χ3n) is 8.53. The number of aromatic nitrogens is 1. The summed E-state index contributed by atoms with van der Waals surface area (Å²) in [5.41, 5.74) is -13.7. The van der Waals surface area contributed by atoms with Crippen LogP contribution in [0, 0.1) is 0 Å². The molecule has 2 fully saturated rings. The fourth-order valence-electron chi connectivity index (χ4n) is 6.29. The zero-order chi connectivity index (χ0) is 35.4. The molecule has 3 heterocycles. The molecule has 1 amide bonds. The maximum atomic E-state index is 14.1. The Morgan fingerprint density at radius 3 is 1.48 bits per heavy atom. The van der Waals surface area contributed by atoms with Gasteiger partial charge in [0, 0.05) is 32.0 Å². The quantitative estimate of drug-likeness (QED) is 0.273. The molecule has 2 saturated heterocycles. The summed E-state index contributed by atoms with van der Waals surface area (Å²) in [6.07, 6.45) is -18.4. The Hall–Kier alpha value is -4.02. The summed E-state index contributed by atoms with van der Waals surface area (Å²) >= 11 is 0. The first kappa shape index (κ1) is 35.3. The van der Waals surface area contributed by atoms with Crippen LogP contribution >= 0.6 is 0 Å². The number of hydrogen-bond acceptors (Lipinski definition) is 4. The fourth-order valence-corrected chi connectivity index (χ4v) is 6.29. The van der Waals surface area contributed by atoms with Crippen molar-refractivity contribution in [1.82, 2.24) is 9.88 Å². The van der Waals surface area contributed by atoms with Gasteiger partial charge in [-0.3, -0.25) is 9.78 Å². The maximum absolute atomic E-state index is 14.1. The summed E-state index contributed by atoms with van der Waals surface area (Å²) < 4.78 is 167. The molecule has 0 spiro atoms. The molecule has 0 aliphatic carbocycles. The van der Waals surface area contributed by atoms with Gasteiger partial charge < -0.3 is 14.9 Å². The number of amides is 1. The van der Waals surface area contributed by atoms with E-state index in [2.05, 4.69) is 4.98 Å². The lowest BCUT2D eigenvalue weighted by Crippen LogP contribution is -2.51. The van der Waals surface area contributed by atoms with E-state index in [1.165, 1.54) is 12.3 Å². The Morgan fingerprint density at radius 1 is 0.646 bits per heavy atom. The summed E-state index contributed by atoms with van der Waals surface area (Å²) in [5.74, 6) is -0.933. The number of nitrogens with zero attached hydrogens (tertiary/aromatic N) is 3. The Labute approximate surface area is 264 Å². The molecule has 0 saturated carbocycles. The number of hydrogen-bond donors (Lipinski definition) is 1. The van der Waals surface area contributed by atoms with Crippen LogP contribution in [0.15, 0.2) is 54.9 Å². The molecule has 1 N–H and O–H groups in total. The van der Waals surface area contributed by atoms with E-state index in [9.17, 15) is 62.6 Å². The minimum Gasteiger partial charge on any atom is -0.378 e. The van der Waals surface area contributed by atoms with Crippen molar-refractivity contribution in [2.24, 2.45) is 0 Å². The molecule has 5 nitrogen and oxygen atoms in total. The first-order valence-corrected chi connectivity index (χ1v) is 14.4. The predicted molar refractivity (Wildman–Crippen MR) is 146 cm³/mol. The van der Waals surface area contributed by atoms with Gasteiger partial charge >= 0.3 is 24.7 Å². The Balaban J connectivity index is 1.79. The molecule has 2 aliphatic rings. The highest BCUT2D eigenvalue weighted by molar-refractivity contribution is 6.00. The largest absolute Gasteiger partial charge is 0.416 e. The van der Waals surface area contributed by atoms with Crippen LogP contribution in [-0.4, -0.2) is 46.6 Å². The van der Waals surface area contributed by atoms with Gasteiger partial charge in [-0.2, -0.15) is 52.7 Å². The topological polar surface area (TPSA) is 56.7 Å². The normalized spacial score (nSPS) is 18.1. The van der Waals surface area contributed by atoms with Crippen LogP contribution in [0.25, 0.3) is 0 Å². The van der Waals surface area contributed by atoms with Crippen molar-refractivity contribution in [3.8, 4) is 0 Å². The van der Waals surface area contributed by atoms with Crippen molar-refractivity contribution in [3.63, 3.8) is 0 Å². The molecule has 260 valence electrons. The highest BCUT2D eigenvalue weighted by Gasteiger charge is 2.51.